The third-order valence-corrected chi connectivity index (χ3v) is 7.50. The van der Waals surface area contributed by atoms with E-state index in [-0.39, 0.29) is 22.5 Å². The van der Waals surface area contributed by atoms with Crippen LogP contribution in [0.25, 0.3) is 10.8 Å². The normalized spacial score (nSPS) is 12.8. The largest absolute Gasteiger partial charge is 0.355 e. The molecule has 0 saturated heterocycles. The molecule has 0 saturated carbocycles. The maximum atomic E-state index is 12.9. The van der Waals surface area contributed by atoms with Crippen molar-refractivity contribution >= 4 is 38.5 Å². The van der Waals surface area contributed by atoms with Gasteiger partial charge in [-0.1, -0.05) is 44.2 Å². The second kappa shape index (κ2) is 10.9. The first kappa shape index (κ1) is 24.2. The zero-order valence-electron chi connectivity index (χ0n) is 18.0. The fourth-order valence-corrected chi connectivity index (χ4v) is 5.41. The highest BCUT2D eigenvalue weighted by Gasteiger charge is 2.28. The van der Waals surface area contributed by atoms with Crippen LogP contribution < -0.4 is 10.0 Å². The minimum atomic E-state index is -3.86. The number of amides is 1. The molecule has 170 valence electrons. The molecule has 8 heteroatoms. The Morgan fingerprint density at radius 1 is 1.00 bits per heavy atom. The molecule has 0 aliphatic heterocycles. The topological polar surface area (TPSA) is 75.3 Å². The third-order valence-electron chi connectivity index (χ3n) is 4.97. The molecule has 0 fully saturated rings. The van der Waals surface area contributed by atoms with Crippen LogP contribution in [0.4, 0.5) is 4.39 Å². The Kier molecular flexibility index (Phi) is 8.28. The fourth-order valence-electron chi connectivity index (χ4n) is 3.18. The van der Waals surface area contributed by atoms with Gasteiger partial charge in [0.05, 0.1) is 4.90 Å². The average Bonchev–Trinajstić information content (AvgIpc) is 2.78. The number of nitrogens with one attached hydrogen (secondary N) is 2. The van der Waals surface area contributed by atoms with E-state index >= 15 is 0 Å². The fraction of sp³-hybridized carbons (Fsp3) is 0.292. The van der Waals surface area contributed by atoms with Gasteiger partial charge in [-0.05, 0) is 65.3 Å². The molecule has 3 rings (SSSR count). The van der Waals surface area contributed by atoms with E-state index in [9.17, 15) is 17.6 Å². The molecule has 0 aromatic heterocycles. The van der Waals surface area contributed by atoms with E-state index in [1.165, 1.54) is 12.1 Å². The molecule has 1 unspecified atom stereocenters. The lowest BCUT2D eigenvalue weighted by atomic mass is 10.1. The van der Waals surface area contributed by atoms with Gasteiger partial charge >= 0.3 is 0 Å². The van der Waals surface area contributed by atoms with Crippen molar-refractivity contribution in [2.45, 2.75) is 36.1 Å². The van der Waals surface area contributed by atoms with E-state index in [2.05, 4.69) is 10.0 Å². The first-order valence-electron chi connectivity index (χ1n) is 10.4. The van der Waals surface area contributed by atoms with Crippen molar-refractivity contribution in [2.24, 2.45) is 5.92 Å². The lowest BCUT2D eigenvalue weighted by molar-refractivity contribution is -0.123. The number of benzene rings is 3. The van der Waals surface area contributed by atoms with Crippen molar-refractivity contribution < 1.29 is 17.6 Å². The SMILES string of the molecule is CC(C)C(NS(=O)(=O)c1ccc2ccccc2c1)C(=O)NCCCSc1ccc(F)cc1. The summed E-state index contributed by atoms with van der Waals surface area (Å²) in [6, 6.07) is 17.8. The van der Waals surface area contributed by atoms with Crippen molar-refractivity contribution in [2.75, 3.05) is 12.3 Å². The summed E-state index contributed by atoms with van der Waals surface area (Å²) < 4.78 is 41.4. The number of hydrogen-bond acceptors (Lipinski definition) is 4. The zero-order valence-corrected chi connectivity index (χ0v) is 19.7. The Morgan fingerprint density at radius 2 is 1.69 bits per heavy atom. The number of halogens is 1. The highest BCUT2D eigenvalue weighted by atomic mass is 32.2. The molecule has 0 radical (unpaired) electrons. The first-order chi connectivity index (χ1) is 15.3. The van der Waals surface area contributed by atoms with Gasteiger partial charge in [0.1, 0.15) is 11.9 Å². The van der Waals surface area contributed by atoms with Gasteiger partial charge in [0, 0.05) is 11.4 Å². The summed E-state index contributed by atoms with van der Waals surface area (Å²) in [6.45, 7) is 4.03. The summed E-state index contributed by atoms with van der Waals surface area (Å²) in [5, 5.41) is 4.59. The van der Waals surface area contributed by atoms with Gasteiger partial charge in [0.25, 0.3) is 0 Å². The van der Waals surface area contributed by atoms with Crippen LogP contribution in [0.15, 0.2) is 76.5 Å². The van der Waals surface area contributed by atoms with Crippen LogP contribution in [-0.4, -0.2) is 32.7 Å². The van der Waals surface area contributed by atoms with Gasteiger partial charge in [-0.25, -0.2) is 12.8 Å². The molecule has 2 N–H and O–H groups in total. The van der Waals surface area contributed by atoms with E-state index < -0.39 is 16.1 Å². The molecular weight excluding hydrogens is 447 g/mol. The number of carbonyl (C=O) groups excluding carboxylic acids is 1. The highest BCUT2D eigenvalue weighted by Crippen LogP contribution is 2.20. The number of fused-ring (bicyclic) bond motifs is 1. The Bertz CT molecular complexity index is 1170. The molecule has 0 bridgehead atoms. The molecule has 0 aliphatic rings. The quantitative estimate of drug-likeness (QED) is 0.333. The Balaban J connectivity index is 1.56. The van der Waals surface area contributed by atoms with Crippen molar-refractivity contribution in [3.63, 3.8) is 0 Å². The molecule has 5 nitrogen and oxygen atoms in total. The van der Waals surface area contributed by atoms with Crippen LogP contribution in [0.1, 0.15) is 20.3 Å². The Morgan fingerprint density at radius 3 is 2.38 bits per heavy atom. The maximum absolute atomic E-state index is 12.9. The van der Waals surface area contributed by atoms with E-state index in [1.54, 1.807) is 55.9 Å². The summed E-state index contributed by atoms with van der Waals surface area (Å²) in [5.41, 5.74) is 0. The predicted molar refractivity (Wildman–Crippen MR) is 128 cm³/mol. The molecule has 0 heterocycles. The minimum absolute atomic E-state index is 0.130. The summed E-state index contributed by atoms with van der Waals surface area (Å²) in [5.74, 6) is -0.0939. The molecule has 1 atom stereocenters. The number of thioether (sulfide) groups is 1. The van der Waals surface area contributed by atoms with Gasteiger partial charge in [-0.3, -0.25) is 4.79 Å². The second-order valence-corrected chi connectivity index (χ2v) is 10.7. The van der Waals surface area contributed by atoms with E-state index in [0.717, 1.165) is 21.4 Å². The number of sulfonamides is 1. The van der Waals surface area contributed by atoms with Crippen LogP contribution in [-0.2, 0) is 14.8 Å². The number of hydrogen-bond donors (Lipinski definition) is 2. The zero-order chi connectivity index (χ0) is 23.1. The molecule has 1 amide bonds. The number of carbonyl (C=O) groups is 1. The monoisotopic (exact) mass is 474 g/mol. The van der Waals surface area contributed by atoms with Crippen LogP contribution in [0, 0.1) is 11.7 Å². The average molecular weight is 475 g/mol. The summed E-state index contributed by atoms with van der Waals surface area (Å²) in [4.78, 5) is 13.8. The van der Waals surface area contributed by atoms with Crippen molar-refractivity contribution in [1.29, 1.82) is 0 Å². The standard InChI is InChI=1S/C24H27FN2O3S2/c1-17(2)23(24(28)26-14-5-15-31-21-11-9-20(25)10-12-21)27-32(29,30)22-13-8-18-6-3-4-7-19(18)16-22/h3-4,6-13,16-17,23,27H,5,14-15H2,1-2H3,(H,26,28). The van der Waals surface area contributed by atoms with Crippen LogP contribution in [0.2, 0.25) is 0 Å². The lowest BCUT2D eigenvalue weighted by Gasteiger charge is -2.22. The Hall–Kier alpha value is -2.42. The van der Waals surface area contributed by atoms with Crippen LogP contribution in [0.3, 0.4) is 0 Å². The second-order valence-electron chi connectivity index (χ2n) is 7.80. The van der Waals surface area contributed by atoms with Gasteiger partial charge < -0.3 is 5.32 Å². The summed E-state index contributed by atoms with van der Waals surface area (Å²) in [6.07, 6.45) is 0.704. The van der Waals surface area contributed by atoms with E-state index in [0.29, 0.717) is 13.0 Å². The number of rotatable bonds is 10. The highest BCUT2D eigenvalue weighted by molar-refractivity contribution is 7.99. The van der Waals surface area contributed by atoms with Crippen LogP contribution >= 0.6 is 11.8 Å². The first-order valence-corrected chi connectivity index (χ1v) is 12.9. The van der Waals surface area contributed by atoms with Crippen molar-refractivity contribution in [3.05, 3.63) is 72.5 Å². The maximum Gasteiger partial charge on any atom is 0.241 e. The van der Waals surface area contributed by atoms with Gasteiger partial charge in [-0.2, -0.15) is 4.72 Å². The molecule has 0 aliphatic carbocycles. The van der Waals surface area contributed by atoms with Gasteiger partial charge in [0.15, 0.2) is 0 Å². The van der Waals surface area contributed by atoms with E-state index in [1.807, 2.05) is 24.3 Å². The smallest absolute Gasteiger partial charge is 0.241 e. The summed E-state index contributed by atoms with van der Waals surface area (Å²) >= 11 is 1.57. The molecule has 3 aromatic carbocycles. The minimum Gasteiger partial charge on any atom is -0.355 e. The van der Waals surface area contributed by atoms with Crippen molar-refractivity contribution in [3.8, 4) is 0 Å². The van der Waals surface area contributed by atoms with Crippen LogP contribution in [0.5, 0.6) is 0 Å². The predicted octanol–water partition coefficient (Wildman–Crippen LogP) is 4.58. The molecular formula is C24H27FN2O3S2. The lowest BCUT2D eigenvalue weighted by Crippen LogP contribution is -2.49. The Labute approximate surface area is 192 Å². The molecule has 3 aromatic rings. The van der Waals surface area contributed by atoms with Crippen molar-refractivity contribution in [1.82, 2.24) is 10.0 Å². The van der Waals surface area contributed by atoms with Gasteiger partial charge in [0.2, 0.25) is 15.9 Å². The molecule has 32 heavy (non-hydrogen) atoms. The van der Waals surface area contributed by atoms with E-state index in [4.69, 9.17) is 0 Å². The summed E-state index contributed by atoms with van der Waals surface area (Å²) in [7, 11) is -3.86. The van der Waals surface area contributed by atoms with Gasteiger partial charge in [-0.15, -0.1) is 11.8 Å². The third kappa shape index (κ3) is 6.54. The molecule has 0 spiro atoms.